The summed E-state index contributed by atoms with van der Waals surface area (Å²) in [5.41, 5.74) is 1.23. The van der Waals surface area contributed by atoms with Crippen LogP contribution < -0.4 is 9.64 Å². The molecule has 3 aromatic rings. The summed E-state index contributed by atoms with van der Waals surface area (Å²) in [5, 5.41) is 16.9. The van der Waals surface area contributed by atoms with Gasteiger partial charge in [0.05, 0.1) is 18.2 Å². The fourth-order valence-corrected chi connectivity index (χ4v) is 3.17. The third-order valence-corrected chi connectivity index (χ3v) is 4.67. The summed E-state index contributed by atoms with van der Waals surface area (Å²) in [7, 11) is 0. The summed E-state index contributed by atoms with van der Waals surface area (Å²) < 4.78 is 34.3. The number of amides is 1. The van der Waals surface area contributed by atoms with Crippen LogP contribution in [-0.4, -0.2) is 35.0 Å². The van der Waals surface area contributed by atoms with Gasteiger partial charge in [-0.1, -0.05) is 30.0 Å². The molecule has 0 radical (unpaired) electrons. The SMILES string of the molecule is N#CCCN(C(=O)CSc1nnc(-c2ccc(OC(F)F)cc2)o1)c1ccccc1. The normalized spacial score (nSPS) is 10.6. The van der Waals surface area contributed by atoms with Crippen LogP contribution in [-0.2, 0) is 4.79 Å². The Morgan fingerprint density at radius 2 is 1.90 bits per heavy atom. The first-order valence-electron chi connectivity index (χ1n) is 8.80. The van der Waals surface area contributed by atoms with E-state index in [4.69, 9.17) is 9.68 Å². The van der Waals surface area contributed by atoms with Crippen LogP contribution in [0.3, 0.4) is 0 Å². The van der Waals surface area contributed by atoms with Crippen LogP contribution in [0.25, 0.3) is 11.5 Å². The smallest absolute Gasteiger partial charge is 0.387 e. The zero-order valence-corrected chi connectivity index (χ0v) is 16.4. The van der Waals surface area contributed by atoms with Crippen molar-refractivity contribution < 1.29 is 22.7 Å². The van der Waals surface area contributed by atoms with Crippen LogP contribution in [0, 0.1) is 11.3 Å². The van der Waals surface area contributed by atoms with Crippen LogP contribution >= 0.6 is 11.8 Å². The van der Waals surface area contributed by atoms with Crippen LogP contribution in [0.4, 0.5) is 14.5 Å². The number of thioether (sulfide) groups is 1. The van der Waals surface area contributed by atoms with Crippen molar-refractivity contribution in [2.24, 2.45) is 0 Å². The van der Waals surface area contributed by atoms with Gasteiger partial charge >= 0.3 is 6.61 Å². The van der Waals surface area contributed by atoms with Crippen molar-refractivity contribution in [1.29, 1.82) is 5.26 Å². The average Bonchev–Trinajstić information content (AvgIpc) is 3.22. The van der Waals surface area contributed by atoms with E-state index >= 15 is 0 Å². The van der Waals surface area contributed by atoms with E-state index < -0.39 is 6.61 Å². The number of para-hydroxylation sites is 1. The molecule has 30 heavy (non-hydrogen) atoms. The summed E-state index contributed by atoms with van der Waals surface area (Å²) in [6.07, 6.45) is 0.210. The Bertz CT molecular complexity index is 1010. The highest BCUT2D eigenvalue weighted by Crippen LogP contribution is 2.26. The molecule has 1 aromatic heterocycles. The molecule has 0 aliphatic heterocycles. The van der Waals surface area contributed by atoms with Gasteiger partial charge in [-0.25, -0.2) is 0 Å². The highest BCUT2D eigenvalue weighted by molar-refractivity contribution is 7.99. The van der Waals surface area contributed by atoms with Crippen LogP contribution in [0.5, 0.6) is 5.75 Å². The topological polar surface area (TPSA) is 92.2 Å². The molecule has 0 unspecified atom stereocenters. The average molecular weight is 430 g/mol. The van der Waals surface area contributed by atoms with Crippen LogP contribution in [0.1, 0.15) is 6.42 Å². The van der Waals surface area contributed by atoms with E-state index in [2.05, 4.69) is 14.9 Å². The molecule has 1 amide bonds. The van der Waals surface area contributed by atoms with Crippen molar-refractivity contribution >= 4 is 23.4 Å². The van der Waals surface area contributed by atoms with Gasteiger partial charge in [0.15, 0.2) is 0 Å². The Morgan fingerprint density at radius 1 is 1.17 bits per heavy atom. The molecule has 0 saturated heterocycles. The summed E-state index contributed by atoms with van der Waals surface area (Å²) in [6.45, 7) is -2.62. The molecule has 0 fully saturated rings. The second-order valence-electron chi connectivity index (χ2n) is 5.85. The second-order valence-corrected chi connectivity index (χ2v) is 6.78. The standard InChI is InChI=1S/C20H16F2N4O3S/c21-19(22)28-16-9-7-14(8-10-16)18-24-25-20(29-18)30-13-17(27)26(12-4-11-23)15-5-2-1-3-6-15/h1-3,5-10,19H,4,12-13H2. The highest BCUT2D eigenvalue weighted by atomic mass is 32.2. The molecular formula is C20H16F2N4O3S. The number of hydrogen-bond donors (Lipinski definition) is 0. The molecule has 154 valence electrons. The van der Waals surface area contributed by atoms with Crippen molar-refractivity contribution in [2.75, 3.05) is 17.2 Å². The van der Waals surface area contributed by atoms with Crippen LogP contribution in [0.2, 0.25) is 0 Å². The van der Waals surface area contributed by atoms with Gasteiger partial charge in [-0.15, -0.1) is 10.2 Å². The minimum atomic E-state index is -2.90. The number of carbonyl (C=O) groups is 1. The fraction of sp³-hybridized carbons (Fsp3) is 0.200. The van der Waals surface area contributed by atoms with Gasteiger partial charge in [0.1, 0.15) is 5.75 Å². The Balaban J connectivity index is 1.62. The van der Waals surface area contributed by atoms with Gasteiger partial charge in [0.25, 0.3) is 5.22 Å². The Morgan fingerprint density at radius 3 is 2.57 bits per heavy atom. The predicted molar refractivity (Wildman–Crippen MR) is 106 cm³/mol. The first-order valence-corrected chi connectivity index (χ1v) is 9.79. The van der Waals surface area contributed by atoms with Gasteiger partial charge in [0.2, 0.25) is 11.8 Å². The first kappa shape index (κ1) is 21.3. The number of benzene rings is 2. The number of rotatable bonds is 9. The van der Waals surface area contributed by atoms with Crippen molar-refractivity contribution in [3.8, 4) is 23.3 Å². The quantitative estimate of drug-likeness (QED) is 0.465. The molecule has 3 rings (SSSR count). The molecule has 2 aromatic carbocycles. The summed E-state index contributed by atoms with van der Waals surface area (Å²) >= 11 is 1.07. The molecule has 0 saturated carbocycles. The molecule has 0 aliphatic rings. The lowest BCUT2D eigenvalue weighted by atomic mass is 10.2. The second kappa shape index (κ2) is 10.4. The highest BCUT2D eigenvalue weighted by Gasteiger charge is 2.18. The number of carbonyl (C=O) groups excluding carboxylic acids is 1. The van der Waals surface area contributed by atoms with Gasteiger partial charge in [-0.05, 0) is 36.4 Å². The summed E-state index contributed by atoms with van der Waals surface area (Å²) in [5.74, 6) is 0.0582. The summed E-state index contributed by atoms with van der Waals surface area (Å²) in [4.78, 5) is 14.2. The number of halogens is 2. The van der Waals surface area contributed by atoms with E-state index in [9.17, 15) is 13.6 Å². The van der Waals surface area contributed by atoms with Crippen molar-refractivity contribution in [3.63, 3.8) is 0 Å². The number of anilines is 1. The largest absolute Gasteiger partial charge is 0.435 e. The van der Waals surface area contributed by atoms with Crippen molar-refractivity contribution in [3.05, 3.63) is 54.6 Å². The van der Waals surface area contributed by atoms with Gasteiger partial charge in [-0.2, -0.15) is 14.0 Å². The van der Waals surface area contributed by atoms with Gasteiger partial charge in [-0.3, -0.25) is 4.79 Å². The fourth-order valence-electron chi connectivity index (χ4n) is 2.53. The molecule has 0 atom stereocenters. The molecule has 7 nitrogen and oxygen atoms in total. The zero-order chi connectivity index (χ0) is 21.3. The maximum atomic E-state index is 12.7. The minimum absolute atomic E-state index is 0.0202. The number of alkyl halides is 2. The van der Waals surface area contributed by atoms with Gasteiger partial charge < -0.3 is 14.1 Å². The minimum Gasteiger partial charge on any atom is -0.435 e. The molecular weight excluding hydrogens is 414 g/mol. The first-order chi connectivity index (χ1) is 14.6. The van der Waals surface area contributed by atoms with Crippen molar-refractivity contribution in [2.45, 2.75) is 18.3 Å². The molecule has 0 bridgehead atoms. The van der Waals surface area contributed by atoms with E-state index in [1.54, 1.807) is 12.1 Å². The van der Waals surface area contributed by atoms with Crippen LogP contribution in [0.15, 0.2) is 64.2 Å². The maximum Gasteiger partial charge on any atom is 0.387 e. The van der Waals surface area contributed by atoms with E-state index in [-0.39, 0.29) is 41.5 Å². The van der Waals surface area contributed by atoms with Crippen molar-refractivity contribution in [1.82, 2.24) is 10.2 Å². The molecule has 0 aliphatic carbocycles. The maximum absolute atomic E-state index is 12.7. The lowest BCUT2D eigenvalue weighted by Gasteiger charge is -2.21. The Hall–Kier alpha value is -3.45. The molecule has 1 heterocycles. The number of nitrogens with zero attached hydrogens (tertiary/aromatic N) is 4. The molecule has 0 spiro atoms. The van der Waals surface area contributed by atoms with E-state index in [1.807, 2.05) is 24.3 Å². The summed E-state index contributed by atoms with van der Waals surface area (Å²) in [6, 6.07) is 16.9. The monoisotopic (exact) mass is 430 g/mol. The number of hydrogen-bond acceptors (Lipinski definition) is 7. The predicted octanol–water partition coefficient (Wildman–Crippen LogP) is 4.38. The number of ether oxygens (including phenoxy) is 1. The molecule has 0 N–H and O–H groups in total. The van der Waals surface area contributed by atoms with E-state index in [1.165, 1.54) is 29.2 Å². The third-order valence-electron chi connectivity index (χ3n) is 3.87. The third kappa shape index (κ3) is 5.78. The number of aromatic nitrogens is 2. The lowest BCUT2D eigenvalue weighted by molar-refractivity contribution is -0.116. The number of nitriles is 1. The Labute approximate surface area is 175 Å². The lowest BCUT2D eigenvalue weighted by Crippen LogP contribution is -2.33. The zero-order valence-electron chi connectivity index (χ0n) is 15.6. The van der Waals surface area contributed by atoms with Gasteiger partial charge in [0, 0.05) is 17.8 Å². The Kier molecular flexibility index (Phi) is 7.34. The van der Waals surface area contributed by atoms with E-state index in [0.717, 1.165) is 11.8 Å². The molecule has 10 heteroatoms. The van der Waals surface area contributed by atoms with E-state index in [0.29, 0.717) is 11.3 Å².